The summed E-state index contributed by atoms with van der Waals surface area (Å²) in [7, 11) is 0. The van der Waals surface area contributed by atoms with Crippen molar-refractivity contribution in [2.45, 2.75) is 16.3 Å². The van der Waals surface area contributed by atoms with Gasteiger partial charge in [0.25, 0.3) is 5.91 Å². The minimum Gasteiger partial charge on any atom is -0.348 e. The lowest BCUT2D eigenvalue weighted by Gasteiger charge is -2.08. The van der Waals surface area contributed by atoms with Crippen molar-refractivity contribution in [3.63, 3.8) is 0 Å². The second kappa shape index (κ2) is 8.67. The SMILES string of the molecule is O=C(NCc1cccnc1)c1ccc2c(c1)N=C(c1ccc(Cl)s1)c1ccccc1S2. The van der Waals surface area contributed by atoms with Crippen LogP contribution in [0.15, 0.2) is 93.9 Å². The Hall–Kier alpha value is -2.93. The van der Waals surface area contributed by atoms with Gasteiger partial charge in [-0.1, -0.05) is 47.6 Å². The number of fused-ring (bicyclic) bond motifs is 2. The van der Waals surface area contributed by atoms with Crippen LogP contribution in [-0.2, 0) is 6.54 Å². The van der Waals surface area contributed by atoms with Crippen molar-refractivity contribution < 1.29 is 4.79 Å². The van der Waals surface area contributed by atoms with Crippen molar-refractivity contribution in [2.75, 3.05) is 0 Å². The van der Waals surface area contributed by atoms with Crippen LogP contribution in [-0.4, -0.2) is 16.6 Å². The molecule has 0 unspecified atom stereocenters. The standard InChI is InChI=1S/C24H16ClN3OS2/c25-22-10-9-21(31-22)23-17-5-1-2-6-19(17)30-20-8-7-16(12-18(20)28-23)24(29)27-14-15-4-3-11-26-13-15/h1-13H,14H2,(H,27,29). The molecule has 1 amide bonds. The van der Waals surface area contributed by atoms with Gasteiger partial charge in [-0.2, -0.15) is 0 Å². The number of hydrogen-bond acceptors (Lipinski definition) is 5. The fourth-order valence-electron chi connectivity index (χ4n) is 3.30. The number of pyridine rings is 1. The highest BCUT2D eigenvalue weighted by atomic mass is 35.5. The molecule has 0 atom stereocenters. The molecule has 0 spiro atoms. The number of benzene rings is 2. The number of nitrogens with one attached hydrogen (secondary N) is 1. The zero-order valence-corrected chi connectivity index (χ0v) is 18.6. The van der Waals surface area contributed by atoms with Gasteiger partial charge in [0.15, 0.2) is 0 Å². The van der Waals surface area contributed by atoms with Crippen LogP contribution in [0.2, 0.25) is 4.34 Å². The summed E-state index contributed by atoms with van der Waals surface area (Å²) in [6.07, 6.45) is 3.46. The van der Waals surface area contributed by atoms with Gasteiger partial charge in [0.1, 0.15) is 0 Å². The van der Waals surface area contributed by atoms with Gasteiger partial charge in [-0.25, -0.2) is 4.99 Å². The highest BCUT2D eigenvalue weighted by Gasteiger charge is 2.21. The number of rotatable bonds is 4. The first-order valence-corrected chi connectivity index (χ1v) is 11.6. The maximum atomic E-state index is 12.8. The highest BCUT2D eigenvalue weighted by Crippen LogP contribution is 2.42. The molecule has 4 aromatic rings. The Morgan fingerprint density at radius 2 is 1.90 bits per heavy atom. The third-order valence-electron chi connectivity index (χ3n) is 4.80. The van der Waals surface area contributed by atoms with Gasteiger partial charge in [0.2, 0.25) is 0 Å². The van der Waals surface area contributed by atoms with E-state index < -0.39 is 0 Å². The van der Waals surface area contributed by atoms with E-state index in [4.69, 9.17) is 16.6 Å². The summed E-state index contributed by atoms with van der Waals surface area (Å²) in [4.78, 5) is 25.0. The second-order valence-corrected chi connectivity index (χ2v) is 9.69. The number of aliphatic imine (C=N–C) groups is 1. The lowest BCUT2D eigenvalue weighted by atomic mass is 10.1. The average Bonchev–Trinajstić information content (AvgIpc) is 3.16. The van der Waals surface area contributed by atoms with Crippen LogP contribution in [0, 0.1) is 0 Å². The molecule has 31 heavy (non-hydrogen) atoms. The number of carbonyl (C=O) groups excluding carboxylic acids is 1. The molecule has 1 N–H and O–H groups in total. The van der Waals surface area contributed by atoms with E-state index in [0.717, 1.165) is 41.5 Å². The van der Waals surface area contributed by atoms with Crippen LogP contribution in [0.5, 0.6) is 0 Å². The number of halogens is 1. The molecule has 0 bridgehead atoms. The van der Waals surface area contributed by atoms with E-state index in [-0.39, 0.29) is 5.91 Å². The molecule has 7 heteroatoms. The first kappa shape index (κ1) is 20.0. The zero-order valence-electron chi connectivity index (χ0n) is 16.2. The van der Waals surface area contributed by atoms with Crippen molar-refractivity contribution in [3.05, 3.63) is 105 Å². The molecule has 0 saturated heterocycles. The van der Waals surface area contributed by atoms with E-state index in [9.17, 15) is 4.79 Å². The van der Waals surface area contributed by atoms with E-state index in [2.05, 4.69) is 22.4 Å². The van der Waals surface area contributed by atoms with E-state index in [1.165, 1.54) is 11.3 Å². The molecule has 0 saturated carbocycles. The predicted octanol–water partition coefficient (Wildman–Crippen LogP) is 6.36. The quantitative estimate of drug-likeness (QED) is 0.338. The normalized spacial score (nSPS) is 12.4. The maximum absolute atomic E-state index is 12.8. The summed E-state index contributed by atoms with van der Waals surface area (Å²) < 4.78 is 0.718. The molecule has 152 valence electrons. The molecule has 1 aliphatic rings. The first-order valence-electron chi connectivity index (χ1n) is 9.60. The Labute approximate surface area is 193 Å². The van der Waals surface area contributed by atoms with Gasteiger partial charge in [-0.3, -0.25) is 9.78 Å². The lowest BCUT2D eigenvalue weighted by Crippen LogP contribution is -2.22. The average molecular weight is 462 g/mol. The predicted molar refractivity (Wildman–Crippen MR) is 127 cm³/mol. The van der Waals surface area contributed by atoms with Gasteiger partial charge >= 0.3 is 0 Å². The van der Waals surface area contributed by atoms with Crippen molar-refractivity contribution in [3.8, 4) is 0 Å². The fraction of sp³-hybridized carbons (Fsp3) is 0.0417. The number of amides is 1. The summed E-state index contributed by atoms with van der Waals surface area (Å²) in [5.74, 6) is -0.144. The molecular formula is C24H16ClN3OS2. The lowest BCUT2D eigenvalue weighted by molar-refractivity contribution is 0.0951. The van der Waals surface area contributed by atoms with E-state index in [1.54, 1.807) is 24.2 Å². The van der Waals surface area contributed by atoms with Crippen molar-refractivity contribution in [1.29, 1.82) is 0 Å². The molecule has 1 aliphatic heterocycles. The summed E-state index contributed by atoms with van der Waals surface area (Å²) >= 11 is 9.36. The number of nitrogens with zero attached hydrogens (tertiary/aromatic N) is 2. The summed E-state index contributed by atoms with van der Waals surface area (Å²) in [6.45, 7) is 0.423. The van der Waals surface area contributed by atoms with Crippen LogP contribution in [0.4, 0.5) is 5.69 Å². The monoisotopic (exact) mass is 461 g/mol. The molecule has 0 radical (unpaired) electrons. The summed E-state index contributed by atoms with van der Waals surface area (Å²) in [5.41, 5.74) is 4.22. The molecule has 5 rings (SSSR count). The molecule has 3 heterocycles. The van der Waals surface area contributed by atoms with Gasteiger partial charge in [-0.15, -0.1) is 11.3 Å². The Morgan fingerprint density at radius 1 is 1.00 bits per heavy atom. The highest BCUT2D eigenvalue weighted by molar-refractivity contribution is 7.99. The molecule has 0 fully saturated rings. The van der Waals surface area contributed by atoms with E-state index in [0.29, 0.717) is 12.1 Å². The van der Waals surface area contributed by atoms with Gasteiger partial charge in [-0.05, 0) is 48.0 Å². The van der Waals surface area contributed by atoms with Crippen LogP contribution < -0.4 is 5.32 Å². The molecule has 2 aromatic heterocycles. The third-order valence-corrected chi connectivity index (χ3v) is 7.18. The Morgan fingerprint density at radius 3 is 2.71 bits per heavy atom. The number of carbonyl (C=O) groups is 1. The maximum Gasteiger partial charge on any atom is 0.251 e. The Kier molecular flexibility index (Phi) is 5.59. The van der Waals surface area contributed by atoms with Crippen molar-refractivity contribution in [2.24, 2.45) is 4.99 Å². The third kappa shape index (κ3) is 4.28. The topological polar surface area (TPSA) is 54.4 Å². The largest absolute Gasteiger partial charge is 0.348 e. The zero-order chi connectivity index (χ0) is 21.2. The summed E-state index contributed by atoms with van der Waals surface area (Å²) in [5, 5.41) is 2.95. The molecule has 2 aromatic carbocycles. The van der Waals surface area contributed by atoms with E-state index >= 15 is 0 Å². The Bertz CT molecular complexity index is 1300. The summed E-state index contributed by atoms with van der Waals surface area (Å²) in [6, 6.07) is 21.5. The van der Waals surface area contributed by atoms with Crippen molar-refractivity contribution in [1.82, 2.24) is 10.3 Å². The smallest absolute Gasteiger partial charge is 0.251 e. The van der Waals surface area contributed by atoms with Crippen LogP contribution in [0.25, 0.3) is 0 Å². The Balaban J connectivity index is 1.51. The molecular weight excluding hydrogens is 446 g/mol. The van der Waals surface area contributed by atoms with Crippen LogP contribution in [0.3, 0.4) is 0 Å². The van der Waals surface area contributed by atoms with Crippen LogP contribution in [0.1, 0.15) is 26.4 Å². The fourth-order valence-corrected chi connectivity index (χ4v) is 5.35. The number of hydrogen-bond donors (Lipinski definition) is 1. The van der Waals surface area contributed by atoms with E-state index in [1.807, 2.05) is 54.6 Å². The van der Waals surface area contributed by atoms with Crippen LogP contribution >= 0.6 is 34.7 Å². The van der Waals surface area contributed by atoms with Gasteiger partial charge in [0, 0.05) is 39.9 Å². The number of thiophene rings is 1. The van der Waals surface area contributed by atoms with Gasteiger partial charge in [0.05, 0.1) is 20.6 Å². The molecule has 0 aliphatic carbocycles. The first-order chi connectivity index (χ1) is 15.2. The van der Waals surface area contributed by atoms with Crippen molar-refractivity contribution >= 4 is 52.0 Å². The minimum atomic E-state index is -0.144. The second-order valence-electron chi connectivity index (χ2n) is 6.89. The minimum absolute atomic E-state index is 0.144. The molecule has 4 nitrogen and oxygen atoms in total. The van der Waals surface area contributed by atoms with Gasteiger partial charge < -0.3 is 5.32 Å². The number of aromatic nitrogens is 1.